The predicted molar refractivity (Wildman–Crippen MR) is 202 cm³/mol. The summed E-state index contributed by atoms with van der Waals surface area (Å²) in [5.74, 6) is 0. The van der Waals surface area contributed by atoms with Crippen LogP contribution in [-0.4, -0.2) is 4.98 Å². The highest BCUT2D eigenvalue weighted by atomic mass is 32.1. The second-order valence-corrected chi connectivity index (χ2v) is 15.7. The maximum atomic E-state index is 14.9. The van der Waals surface area contributed by atoms with E-state index in [1.807, 2.05) is 84.1 Å². The fraction of sp³-hybridized carbons (Fsp3) is 0. The molecule has 7 aromatic carbocycles. The normalized spacial score (nSPS) is 11.9. The van der Waals surface area contributed by atoms with Crippen molar-refractivity contribution in [2.24, 2.45) is 0 Å². The number of hydrogen-bond acceptors (Lipinski definition) is 3. The van der Waals surface area contributed by atoms with Gasteiger partial charge in [0.2, 0.25) is 0 Å². The summed E-state index contributed by atoms with van der Waals surface area (Å²) < 4.78 is 17.4. The van der Waals surface area contributed by atoms with Crippen LogP contribution in [-0.2, 0) is 4.57 Å². The molecule has 9 rings (SSSR count). The number of nitrogens with zero attached hydrogens (tertiary/aromatic N) is 1. The number of hydrogen-bond donors (Lipinski definition) is 0. The SMILES string of the molecule is O=P(c1ccccc1)(c1ccccc1)c1ccc(-c2cccc(-c3nc4c5ccccc5ccc4c4sc5ccccc5c34)c2)cc1. The summed E-state index contributed by atoms with van der Waals surface area (Å²) in [5, 5.41) is 8.48. The molecule has 0 radical (unpaired) electrons. The molecule has 0 saturated heterocycles. The van der Waals surface area contributed by atoms with E-state index >= 15 is 0 Å². The third-order valence-electron chi connectivity index (χ3n) is 9.14. The highest BCUT2D eigenvalue weighted by Gasteiger charge is 2.29. The maximum Gasteiger partial charge on any atom is 0.171 e. The summed E-state index contributed by atoms with van der Waals surface area (Å²) in [7, 11) is -3.04. The molecule has 2 heterocycles. The molecular formula is C43H28NOPS. The third kappa shape index (κ3) is 4.54. The van der Waals surface area contributed by atoms with E-state index in [1.165, 1.54) is 36.3 Å². The zero-order chi connectivity index (χ0) is 31.4. The fourth-order valence-electron chi connectivity index (χ4n) is 6.84. The topological polar surface area (TPSA) is 30.0 Å². The molecular weight excluding hydrogens is 610 g/mol. The molecule has 0 fully saturated rings. The summed E-state index contributed by atoms with van der Waals surface area (Å²) in [6.45, 7) is 0. The second kappa shape index (κ2) is 11.2. The van der Waals surface area contributed by atoms with E-state index in [9.17, 15) is 4.57 Å². The number of aromatic nitrogens is 1. The van der Waals surface area contributed by atoms with E-state index in [-0.39, 0.29) is 0 Å². The van der Waals surface area contributed by atoms with Crippen molar-refractivity contribution in [2.75, 3.05) is 0 Å². The van der Waals surface area contributed by atoms with Crippen molar-refractivity contribution < 1.29 is 4.57 Å². The average Bonchev–Trinajstić information content (AvgIpc) is 3.55. The number of rotatable bonds is 5. The highest BCUT2D eigenvalue weighted by Crippen LogP contribution is 2.45. The Morgan fingerprint density at radius 3 is 1.83 bits per heavy atom. The first kappa shape index (κ1) is 27.9. The summed E-state index contributed by atoms with van der Waals surface area (Å²) >= 11 is 1.84. The van der Waals surface area contributed by atoms with E-state index in [2.05, 4.69) is 97.1 Å². The molecule has 0 aliphatic carbocycles. The van der Waals surface area contributed by atoms with Crippen LogP contribution in [0, 0.1) is 0 Å². The zero-order valence-corrected chi connectivity index (χ0v) is 27.1. The summed E-state index contributed by atoms with van der Waals surface area (Å²) in [6.07, 6.45) is 0. The van der Waals surface area contributed by atoms with Crippen LogP contribution in [0.25, 0.3) is 64.2 Å². The zero-order valence-electron chi connectivity index (χ0n) is 25.4. The second-order valence-electron chi connectivity index (χ2n) is 11.9. The Bertz CT molecular complexity index is 2600. The molecule has 2 nitrogen and oxygen atoms in total. The number of pyridine rings is 1. The molecule has 0 spiro atoms. The van der Waals surface area contributed by atoms with Gasteiger partial charge in [-0.05, 0) is 28.6 Å². The van der Waals surface area contributed by atoms with Gasteiger partial charge in [0.05, 0.1) is 11.2 Å². The molecule has 0 aliphatic rings. The Morgan fingerprint density at radius 2 is 1.09 bits per heavy atom. The van der Waals surface area contributed by atoms with Crippen LogP contribution in [0.1, 0.15) is 0 Å². The lowest BCUT2D eigenvalue weighted by molar-refractivity contribution is 0.592. The first-order valence-corrected chi connectivity index (χ1v) is 18.3. The molecule has 4 heteroatoms. The first-order valence-electron chi connectivity index (χ1n) is 15.7. The van der Waals surface area contributed by atoms with Crippen LogP contribution in [0.15, 0.2) is 170 Å². The van der Waals surface area contributed by atoms with Crippen LogP contribution < -0.4 is 15.9 Å². The Morgan fingerprint density at radius 1 is 0.468 bits per heavy atom. The predicted octanol–water partition coefficient (Wildman–Crippen LogP) is 10.7. The maximum absolute atomic E-state index is 14.9. The van der Waals surface area contributed by atoms with Gasteiger partial charge in [-0.2, -0.15) is 0 Å². The van der Waals surface area contributed by atoms with E-state index < -0.39 is 7.14 Å². The molecule has 0 unspecified atom stereocenters. The van der Waals surface area contributed by atoms with Gasteiger partial charge in [0.15, 0.2) is 7.14 Å². The fourth-order valence-corrected chi connectivity index (χ4v) is 10.7. The molecule has 0 atom stereocenters. The van der Waals surface area contributed by atoms with Crippen molar-refractivity contribution >= 4 is 76.2 Å². The van der Waals surface area contributed by atoms with E-state index in [0.29, 0.717) is 0 Å². The van der Waals surface area contributed by atoms with Gasteiger partial charge >= 0.3 is 0 Å². The molecule has 0 saturated carbocycles. The van der Waals surface area contributed by atoms with Gasteiger partial charge < -0.3 is 4.57 Å². The monoisotopic (exact) mass is 637 g/mol. The van der Waals surface area contributed by atoms with Crippen molar-refractivity contribution in [3.63, 3.8) is 0 Å². The highest BCUT2D eigenvalue weighted by molar-refractivity contribution is 7.85. The van der Waals surface area contributed by atoms with Gasteiger partial charge in [-0.25, -0.2) is 4.98 Å². The minimum atomic E-state index is -3.04. The third-order valence-corrected chi connectivity index (χ3v) is 13.4. The molecule has 0 amide bonds. The lowest BCUT2D eigenvalue weighted by Crippen LogP contribution is -2.24. The van der Waals surface area contributed by atoms with Crippen LogP contribution in [0.5, 0.6) is 0 Å². The summed E-state index contributed by atoms with van der Waals surface area (Å²) in [6, 6.07) is 58.2. The van der Waals surface area contributed by atoms with Crippen LogP contribution in [0.3, 0.4) is 0 Å². The van der Waals surface area contributed by atoms with Crippen molar-refractivity contribution in [3.05, 3.63) is 170 Å². The van der Waals surface area contributed by atoms with Gasteiger partial charge in [0, 0.05) is 52.4 Å². The van der Waals surface area contributed by atoms with E-state index in [4.69, 9.17) is 4.98 Å². The average molecular weight is 638 g/mol. The van der Waals surface area contributed by atoms with Crippen LogP contribution >= 0.6 is 18.5 Å². The number of benzene rings is 7. The van der Waals surface area contributed by atoms with Gasteiger partial charge in [-0.1, -0.05) is 158 Å². The van der Waals surface area contributed by atoms with Crippen molar-refractivity contribution in [2.45, 2.75) is 0 Å². The van der Waals surface area contributed by atoms with Gasteiger partial charge in [-0.3, -0.25) is 0 Å². The summed E-state index contributed by atoms with van der Waals surface area (Å²) in [4.78, 5) is 5.44. The summed E-state index contributed by atoms with van der Waals surface area (Å²) in [5.41, 5.74) is 5.27. The molecule has 9 aromatic rings. The molecule has 0 bridgehead atoms. The molecule has 0 aliphatic heterocycles. The van der Waals surface area contributed by atoms with Gasteiger partial charge in [0.25, 0.3) is 0 Å². The molecule has 222 valence electrons. The smallest absolute Gasteiger partial charge is 0.171 e. The Balaban J connectivity index is 1.21. The Kier molecular flexibility index (Phi) is 6.64. The van der Waals surface area contributed by atoms with Crippen LogP contribution in [0.4, 0.5) is 0 Å². The van der Waals surface area contributed by atoms with Crippen LogP contribution in [0.2, 0.25) is 0 Å². The Labute approximate surface area is 277 Å². The van der Waals surface area contributed by atoms with Crippen molar-refractivity contribution in [1.29, 1.82) is 0 Å². The largest absolute Gasteiger partial charge is 0.309 e. The Hall–Kier alpha value is -5.34. The lowest BCUT2D eigenvalue weighted by Gasteiger charge is -2.20. The minimum Gasteiger partial charge on any atom is -0.309 e. The number of thiophene rings is 1. The quantitative estimate of drug-likeness (QED) is 0.139. The van der Waals surface area contributed by atoms with Gasteiger partial charge in [0.1, 0.15) is 0 Å². The van der Waals surface area contributed by atoms with Crippen molar-refractivity contribution in [1.82, 2.24) is 4.98 Å². The standard InChI is InChI=1S/C43H28NOPS/c45-46(33-15-3-1-4-16-33,34-17-5-2-6-18-34)35-25-22-29(23-26-35)31-13-11-14-32(28-31)41-40-37-20-9-10-21-39(37)47-43(40)38-27-24-30-12-7-8-19-36(30)42(38)44-41/h1-28H. The van der Waals surface area contributed by atoms with E-state index in [0.717, 1.165) is 43.8 Å². The molecule has 47 heavy (non-hydrogen) atoms. The number of fused-ring (bicyclic) bond motifs is 7. The van der Waals surface area contributed by atoms with Crippen molar-refractivity contribution in [3.8, 4) is 22.4 Å². The minimum absolute atomic E-state index is 0.823. The molecule has 2 aromatic heterocycles. The molecule has 0 N–H and O–H groups in total. The van der Waals surface area contributed by atoms with E-state index in [1.54, 1.807) is 0 Å². The van der Waals surface area contributed by atoms with Gasteiger partial charge in [-0.15, -0.1) is 11.3 Å². The lowest BCUT2D eigenvalue weighted by atomic mass is 9.97. The first-order chi connectivity index (χ1) is 23.2.